The van der Waals surface area contributed by atoms with Gasteiger partial charge in [-0.15, -0.1) is 0 Å². The molecule has 0 aromatic carbocycles. The molecule has 54 valence electrons. The van der Waals surface area contributed by atoms with E-state index < -0.39 is 11.6 Å². The van der Waals surface area contributed by atoms with Gasteiger partial charge in [0.05, 0.1) is 6.07 Å². The Labute approximate surface area is 58.6 Å². The van der Waals surface area contributed by atoms with Crippen molar-refractivity contribution >= 4 is 5.78 Å². The number of halogens is 1. The molecule has 0 saturated heterocycles. The van der Waals surface area contributed by atoms with Crippen LogP contribution in [-0.4, -0.2) is 12.0 Å². The number of hydrogen-bond acceptors (Lipinski definition) is 2. The van der Waals surface area contributed by atoms with E-state index in [0.717, 1.165) is 0 Å². The lowest BCUT2D eigenvalue weighted by Crippen LogP contribution is -2.42. The standard InChI is InChI=1S/C7H8FNO/c1-5(10)7(4-9)2-6(8)3-7/h6H,2-3H2,1H3. The lowest BCUT2D eigenvalue weighted by atomic mass is 9.66. The van der Waals surface area contributed by atoms with Crippen molar-refractivity contribution in [3.63, 3.8) is 0 Å². The van der Waals surface area contributed by atoms with Crippen molar-refractivity contribution in [1.29, 1.82) is 5.26 Å². The quantitative estimate of drug-likeness (QED) is 0.550. The van der Waals surface area contributed by atoms with Gasteiger partial charge in [0, 0.05) is 12.8 Å². The molecule has 0 heterocycles. The van der Waals surface area contributed by atoms with E-state index in [1.165, 1.54) is 6.92 Å². The van der Waals surface area contributed by atoms with Crippen molar-refractivity contribution < 1.29 is 9.18 Å². The number of alkyl halides is 1. The van der Waals surface area contributed by atoms with Crippen molar-refractivity contribution in [2.24, 2.45) is 5.41 Å². The summed E-state index contributed by atoms with van der Waals surface area (Å²) in [6, 6.07) is 1.86. The lowest BCUT2D eigenvalue weighted by molar-refractivity contribution is -0.130. The van der Waals surface area contributed by atoms with Crippen LogP contribution in [0.1, 0.15) is 19.8 Å². The summed E-state index contributed by atoms with van der Waals surface area (Å²) in [5, 5.41) is 8.49. The zero-order valence-electron chi connectivity index (χ0n) is 5.72. The molecule has 0 atom stereocenters. The van der Waals surface area contributed by atoms with E-state index in [4.69, 9.17) is 5.26 Å². The molecule has 1 aliphatic rings. The first-order valence-electron chi connectivity index (χ1n) is 3.17. The summed E-state index contributed by atoms with van der Waals surface area (Å²) in [6.07, 6.45) is -0.749. The number of carbonyl (C=O) groups is 1. The molecule has 0 amide bonds. The molecule has 3 heteroatoms. The van der Waals surface area contributed by atoms with Crippen molar-refractivity contribution in [3.8, 4) is 6.07 Å². The van der Waals surface area contributed by atoms with E-state index in [9.17, 15) is 9.18 Å². The van der Waals surface area contributed by atoms with E-state index in [1.54, 1.807) is 0 Å². The van der Waals surface area contributed by atoms with Gasteiger partial charge in [0.2, 0.25) is 0 Å². The highest BCUT2D eigenvalue weighted by molar-refractivity contribution is 5.86. The van der Waals surface area contributed by atoms with Gasteiger partial charge in [-0.3, -0.25) is 4.79 Å². The molecule has 1 fully saturated rings. The largest absolute Gasteiger partial charge is 0.298 e. The Morgan fingerprint density at radius 2 is 2.30 bits per heavy atom. The highest BCUT2D eigenvalue weighted by Gasteiger charge is 2.48. The average Bonchev–Trinajstić information content (AvgIpc) is 1.79. The average molecular weight is 141 g/mol. The molecule has 0 aromatic rings. The molecule has 0 radical (unpaired) electrons. The van der Waals surface area contributed by atoms with Crippen LogP contribution in [0.15, 0.2) is 0 Å². The predicted molar refractivity (Wildman–Crippen MR) is 32.9 cm³/mol. The van der Waals surface area contributed by atoms with Gasteiger partial charge >= 0.3 is 0 Å². The number of hydrogen-bond donors (Lipinski definition) is 0. The third-order valence-corrected chi connectivity index (χ3v) is 2.03. The maximum absolute atomic E-state index is 12.3. The summed E-state index contributed by atoms with van der Waals surface area (Å²) < 4.78 is 12.3. The summed E-state index contributed by atoms with van der Waals surface area (Å²) in [4.78, 5) is 10.7. The number of carbonyl (C=O) groups excluding carboxylic acids is 1. The third kappa shape index (κ3) is 0.804. The molecule has 0 N–H and O–H groups in total. The van der Waals surface area contributed by atoms with Gasteiger partial charge in [-0.1, -0.05) is 0 Å². The Morgan fingerprint density at radius 3 is 2.40 bits per heavy atom. The summed E-state index contributed by atoms with van der Waals surface area (Å²) in [5.74, 6) is -0.205. The summed E-state index contributed by atoms with van der Waals surface area (Å²) in [5.41, 5.74) is -0.973. The molecule has 10 heavy (non-hydrogen) atoms. The maximum Gasteiger partial charge on any atom is 0.150 e. The normalized spacial score (nSPS) is 37.9. The second-order valence-electron chi connectivity index (χ2n) is 2.76. The maximum atomic E-state index is 12.3. The van der Waals surface area contributed by atoms with Crippen LogP contribution in [0.2, 0.25) is 0 Å². The van der Waals surface area contributed by atoms with Gasteiger partial charge in [0.1, 0.15) is 17.4 Å². The zero-order valence-corrected chi connectivity index (χ0v) is 5.72. The number of nitriles is 1. The fourth-order valence-corrected chi connectivity index (χ4v) is 1.15. The highest BCUT2D eigenvalue weighted by atomic mass is 19.1. The summed E-state index contributed by atoms with van der Waals surface area (Å²) in [6.45, 7) is 1.34. The molecule has 1 rings (SSSR count). The molecule has 0 spiro atoms. The van der Waals surface area contributed by atoms with Crippen molar-refractivity contribution in [1.82, 2.24) is 0 Å². The Kier molecular flexibility index (Phi) is 1.47. The second kappa shape index (κ2) is 2.05. The molecular formula is C7H8FNO. The Bertz CT molecular complexity index is 200. The molecule has 1 saturated carbocycles. The molecular weight excluding hydrogens is 133 g/mol. The van der Waals surface area contributed by atoms with Gasteiger partial charge in [-0.25, -0.2) is 4.39 Å². The number of rotatable bonds is 1. The van der Waals surface area contributed by atoms with Crippen LogP contribution in [0.25, 0.3) is 0 Å². The first-order chi connectivity index (χ1) is 4.60. The molecule has 0 unspecified atom stereocenters. The molecule has 1 aliphatic carbocycles. The monoisotopic (exact) mass is 141 g/mol. The minimum absolute atomic E-state index is 0.0961. The lowest BCUT2D eigenvalue weighted by Gasteiger charge is -2.35. The highest BCUT2D eigenvalue weighted by Crippen LogP contribution is 2.42. The van der Waals surface area contributed by atoms with E-state index >= 15 is 0 Å². The number of ketones is 1. The van der Waals surface area contributed by atoms with Crippen LogP contribution >= 0.6 is 0 Å². The fraction of sp³-hybridized carbons (Fsp3) is 0.714. The topological polar surface area (TPSA) is 40.9 Å². The molecule has 0 aliphatic heterocycles. The van der Waals surface area contributed by atoms with Gasteiger partial charge in [0.15, 0.2) is 0 Å². The SMILES string of the molecule is CC(=O)C1(C#N)CC(F)C1. The van der Waals surface area contributed by atoms with Crippen LogP contribution in [0.3, 0.4) is 0 Å². The van der Waals surface area contributed by atoms with E-state index in [-0.39, 0.29) is 18.6 Å². The molecule has 0 bridgehead atoms. The van der Waals surface area contributed by atoms with Crippen LogP contribution in [0, 0.1) is 16.7 Å². The predicted octanol–water partition coefficient (Wildman–Crippen LogP) is 1.22. The first-order valence-corrected chi connectivity index (χ1v) is 3.17. The number of nitrogens with zero attached hydrogens (tertiary/aromatic N) is 1. The van der Waals surface area contributed by atoms with Crippen LogP contribution in [-0.2, 0) is 4.79 Å². The van der Waals surface area contributed by atoms with Gasteiger partial charge in [0.25, 0.3) is 0 Å². The van der Waals surface area contributed by atoms with Gasteiger partial charge in [-0.05, 0) is 6.92 Å². The first kappa shape index (κ1) is 7.20. The molecule has 2 nitrogen and oxygen atoms in total. The Hall–Kier alpha value is -0.910. The van der Waals surface area contributed by atoms with Gasteiger partial charge in [-0.2, -0.15) is 5.26 Å². The van der Waals surface area contributed by atoms with Crippen LogP contribution in [0.5, 0.6) is 0 Å². The molecule has 0 aromatic heterocycles. The summed E-state index contributed by atoms with van der Waals surface area (Å²) in [7, 11) is 0. The number of Topliss-reactive ketones (excluding diaryl/α,β-unsaturated/α-hetero) is 1. The van der Waals surface area contributed by atoms with E-state index in [0.29, 0.717) is 0 Å². The third-order valence-electron chi connectivity index (χ3n) is 2.03. The zero-order chi connectivity index (χ0) is 7.78. The van der Waals surface area contributed by atoms with Crippen molar-refractivity contribution in [2.45, 2.75) is 25.9 Å². The minimum Gasteiger partial charge on any atom is -0.298 e. The van der Waals surface area contributed by atoms with Crippen molar-refractivity contribution in [3.05, 3.63) is 0 Å². The van der Waals surface area contributed by atoms with E-state index in [2.05, 4.69) is 0 Å². The minimum atomic E-state index is -0.973. The second-order valence-corrected chi connectivity index (χ2v) is 2.76. The summed E-state index contributed by atoms with van der Waals surface area (Å²) >= 11 is 0. The van der Waals surface area contributed by atoms with E-state index in [1.807, 2.05) is 6.07 Å². The smallest absolute Gasteiger partial charge is 0.150 e. The fourth-order valence-electron chi connectivity index (χ4n) is 1.15. The van der Waals surface area contributed by atoms with Gasteiger partial charge < -0.3 is 0 Å². The Balaban J connectivity index is 2.68. The van der Waals surface area contributed by atoms with Crippen LogP contribution < -0.4 is 0 Å². The van der Waals surface area contributed by atoms with Crippen molar-refractivity contribution in [2.75, 3.05) is 0 Å². The Morgan fingerprint density at radius 1 is 1.80 bits per heavy atom. The van der Waals surface area contributed by atoms with Crippen LogP contribution in [0.4, 0.5) is 4.39 Å².